The van der Waals surface area contributed by atoms with Crippen molar-refractivity contribution in [1.82, 2.24) is 4.98 Å². The lowest BCUT2D eigenvalue weighted by molar-refractivity contribution is -0.274. The number of nitrogen functional groups attached to an aromatic ring is 1. The van der Waals surface area contributed by atoms with Gasteiger partial charge in [-0.3, -0.25) is 4.98 Å². The summed E-state index contributed by atoms with van der Waals surface area (Å²) in [7, 11) is 0. The Labute approximate surface area is 99.4 Å². The van der Waals surface area contributed by atoms with Crippen molar-refractivity contribution < 1.29 is 17.9 Å². The summed E-state index contributed by atoms with van der Waals surface area (Å²) < 4.78 is 40.0. The molecule has 2 aromatic rings. The molecule has 0 saturated heterocycles. The van der Waals surface area contributed by atoms with Gasteiger partial charge in [-0.15, -0.1) is 13.2 Å². The van der Waals surface area contributed by atoms with E-state index < -0.39 is 12.1 Å². The number of pyridine rings is 1. The van der Waals surface area contributed by atoms with Crippen molar-refractivity contribution in [2.75, 3.05) is 5.73 Å². The van der Waals surface area contributed by atoms with Gasteiger partial charge < -0.3 is 10.5 Å². The minimum Gasteiger partial charge on any atom is -0.406 e. The number of nitrogens with zero attached hydrogens (tertiary/aromatic N) is 2. The zero-order valence-electron chi connectivity index (χ0n) is 8.82. The van der Waals surface area contributed by atoms with E-state index in [9.17, 15) is 13.2 Å². The first-order valence-electron chi connectivity index (χ1n) is 4.75. The molecule has 92 valence electrons. The smallest absolute Gasteiger partial charge is 0.406 e. The van der Waals surface area contributed by atoms with Gasteiger partial charge in [0.15, 0.2) is 0 Å². The second-order valence-electron chi connectivity index (χ2n) is 3.42. The zero-order valence-corrected chi connectivity index (χ0v) is 8.82. The summed E-state index contributed by atoms with van der Waals surface area (Å²) in [6, 6.07) is 5.38. The average Bonchev–Trinajstić information content (AvgIpc) is 2.28. The quantitative estimate of drug-likeness (QED) is 0.847. The monoisotopic (exact) mass is 253 g/mol. The van der Waals surface area contributed by atoms with Crippen molar-refractivity contribution in [1.29, 1.82) is 5.26 Å². The van der Waals surface area contributed by atoms with Crippen molar-refractivity contribution in [2.45, 2.75) is 6.36 Å². The molecule has 18 heavy (non-hydrogen) atoms. The van der Waals surface area contributed by atoms with E-state index in [1.807, 2.05) is 0 Å². The molecule has 0 amide bonds. The number of anilines is 1. The van der Waals surface area contributed by atoms with Crippen LogP contribution in [0.5, 0.6) is 5.75 Å². The normalized spacial score (nSPS) is 11.2. The second kappa shape index (κ2) is 4.07. The van der Waals surface area contributed by atoms with Crippen molar-refractivity contribution in [3.63, 3.8) is 0 Å². The Kier molecular flexibility index (Phi) is 2.71. The fourth-order valence-corrected chi connectivity index (χ4v) is 1.48. The van der Waals surface area contributed by atoms with E-state index in [0.29, 0.717) is 5.52 Å². The molecular weight excluding hydrogens is 247 g/mol. The van der Waals surface area contributed by atoms with Crippen molar-refractivity contribution in [3.8, 4) is 11.8 Å². The molecule has 0 aliphatic heterocycles. The Morgan fingerprint density at radius 1 is 1.33 bits per heavy atom. The van der Waals surface area contributed by atoms with E-state index in [2.05, 4.69) is 9.72 Å². The van der Waals surface area contributed by atoms with Crippen LogP contribution in [-0.2, 0) is 0 Å². The van der Waals surface area contributed by atoms with Gasteiger partial charge in [0, 0.05) is 11.6 Å². The molecule has 0 atom stereocenters. The molecule has 0 aliphatic carbocycles. The van der Waals surface area contributed by atoms with Crippen LogP contribution in [-0.4, -0.2) is 11.3 Å². The minimum absolute atomic E-state index is 0.0788. The van der Waals surface area contributed by atoms with Crippen molar-refractivity contribution in [3.05, 3.63) is 30.0 Å². The van der Waals surface area contributed by atoms with Gasteiger partial charge in [-0.25, -0.2) is 0 Å². The summed E-state index contributed by atoms with van der Waals surface area (Å²) in [5.74, 6) is -0.404. The highest BCUT2D eigenvalue weighted by Gasteiger charge is 2.31. The van der Waals surface area contributed by atoms with Crippen LogP contribution < -0.4 is 10.5 Å². The number of benzene rings is 1. The first kappa shape index (κ1) is 12.0. The maximum Gasteiger partial charge on any atom is 0.573 e. The lowest BCUT2D eigenvalue weighted by atomic mass is 10.1. The highest BCUT2D eigenvalue weighted by atomic mass is 19.4. The Morgan fingerprint density at radius 2 is 2.06 bits per heavy atom. The third-order valence-electron chi connectivity index (χ3n) is 2.24. The van der Waals surface area contributed by atoms with E-state index in [-0.39, 0.29) is 16.6 Å². The Morgan fingerprint density at radius 3 is 2.67 bits per heavy atom. The predicted molar refractivity (Wildman–Crippen MR) is 57.6 cm³/mol. The fraction of sp³-hybridized carbons (Fsp3) is 0.0909. The Bertz CT molecular complexity index is 646. The van der Waals surface area contributed by atoms with Crippen LogP contribution in [0.4, 0.5) is 18.9 Å². The van der Waals surface area contributed by atoms with Gasteiger partial charge in [-0.05, 0) is 18.2 Å². The standard InChI is InChI=1S/C11H6F3N3O/c12-11(13,14)18-7-1-2-9-8(3-7)10(16)6(4-15)5-17-9/h1-3,5H,(H2,16,17). The zero-order chi connectivity index (χ0) is 13.3. The van der Waals surface area contributed by atoms with E-state index in [1.165, 1.54) is 12.3 Å². The van der Waals surface area contributed by atoms with Gasteiger partial charge >= 0.3 is 6.36 Å². The SMILES string of the molecule is N#Cc1cnc2ccc(OC(F)(F)F)cc2c1N. The van der Waals surface area contributed by atoms with Crippen LogP contribution >= 0.6 is 0 Å². The van der Waals surface area contributed by atoms with E-state index >= 15 is 0 Å². The third kappa shape index (κ3) is 2.27. The summed E-state index contributed by atoms with van der Waals surface area (Å²) in [5.41, 5.74) is 6.23. The van der Waals surface area contributed by atoms with Crippen LogP contribution in [0.3, 0.4) is 0 Å². The molecule has 7 heteroatoms. The number of nitrogens with two attached hydrogens (primary N) is 1. The number of aromatic nitrogens is 1. The maximum absolute atomic E-state index is 12.1. The number of rotatable bonds is 1. The number of halogens is 3. The lowest BCUT2D eigenvalue weighted by Crippen LogP contribution is -2.17. The molecule has 1 aromatic heterocycles. The summed E-state index contributed by atoms with van der Waals surface area (Å²) in [4.78, 5) is 3.91. The number of hydrogen-bond donors (Lipinski definition) is 1. The van der Waals surface area contributed by atoms with Gasteiger partial charge in [0.1, 0.15) is 11.8 Å². The average molecular weight is 253 g/mol. The van der Waals surface area contributed by atoms with Crippen LogP contribution in [0, 0.1) is 11.3 Å². The maximum atomic E-state index is 12.1. The van der Waals surface area contributed by atoms with E-state index in [0.717, 1.165) is 12.1 Å². The molecule has 2 N–H and O–H groups in total. The topological polar surface area (TPSA) is 71.9 Å². The van der Waals surface area contributed by atoms with Gasteiger partial charge in [-0.2, -0.15) is 5.26 Å². The molecule has 4 nitrogen and oxygen atoms in total. The second-order valence-corrected chi connectivity index (χ2v) is 3.42. The minimum atomic E-state index is -4.78. The number of alkyl halides is 3. The predicted octanol–water partition coefficient (Wildman–Crippen LogP) is 2.59. The molecule has 0 fully saturated rings. The summed E-state index contributed by atoms with van der Waals surface area (Å²) in [6.45, 7) is 0. The van der Waals surface area contributed by atoms with Crippen LogP contribution in [0.25, 0.3) is 10.9 Å². The fourth-order valence-electron chi connectivity index (χ4n) is 1.48. The molecular formula is C11H6F3N3O. The van der Waals surface area contributed by atoms with Gasteiger partial charge in [0.05, 0.1) is 16.8 Å². The van der Waals surface area contributed by atoms with Gasteiger partial charge in [-0.1, -0.05) is 0 Å². The highest BCUT2D eigenvalue weighted by Crippen LogP contribution is 2.29. The Hall–Kier alpha value is -2.49. The van der Waals surface area contributed by atoms with E-state index in [4.69, 9.17) is 11.0 Å². The molecule has 1 heterocycles. The van der Waals surface area contributed by atoms with Gasteiger partial charge in [0.2, 0.25) is 0 Å². The van der Waals surface area contributed by atoms with Crippen molar-refractivity contribution >= 4 is 16.6 Å². The molecule has 2 rings (SSSR count). The number of nitriles is 1. The molecule has 0 radical (unpaired) electrons. The van der Waals surface area contributed by atoms with Crippen molar-refractivity contribution in [2.24, 2.45) is 0 Å². The largest absolute Gasteiger partial charge is 0.573 e. The first-order chi connectivity index (χ1) is 8.40. The number of hydrogen-bond acceptors (Lipinski definition) is 4. The summed E-state index contributed by atoms with van der Waals surface area (Å²) in [5, 5.41) is 9.00. The lowest BCUT2D eigenvalue weighted by Gasteiger charge is -2.10. The molecule has 0 aliphatic rings. The highest BCUT2D eigenvalue weighted by molar-refractivity contribution is 5.93. The molecule has 1 aromatic carbocycles. The van der Waals surface area contributed by atoms with Crippen LogP contribution in [0.1, 0.15) is 5.56 Å². The number of fused-ring (bicyclic) bond motifs is 1. The molecule has 0 bridgehead atoms. The van der Waals surface area contributed by atoms with Gasteiger partial charge in [0.25, 0.3) is 0 Å². The number of ether oxygens (including phenoxy) is 1. The van der Waals surface area contributed by atoms with Crippen LogP contribution in [0.2, 0.25) is 0 Å². The molecule has 0 unspecified atom stereocenters. The van der Waals surface area contributed by atoms with E-state index in [1.54, 1.807) is 6.07 Å². The summed E-state index contributed by atoms with van der Waals surface area (Å²) in [6.07, 6.45) is -3.51. The first-order valence-corrected chi connectivity index (χ1v) is 4.75. The third-order valence-corrected chi connectivity index (χ3v) is 2.24. The van der Waals surface area contributed by atoms with Crippen LogP contribution in [0.15, 0.2) is 24.4 Å². The summed E-state index contributed by atoms with van der Waals surface area (Å²) >= 11 is 0. The molecule has 0 spiro atoms. The molecule has 0 saturated carbocycles. The Balaban J connectivity index is 2.56.